The van der Waals surface area contributed by atoms with Crippen molar-refractivity contribution < 1.29 is 13.2 Å². The number of sulfonamides is 1. The van der Waals surface area contributed by atoms with Gasteiger partial charge in [0, 0.05) is 23.1 Å². The van der Waals surface area contributed by atoms with E-state index in [2.05, 4.69) is 30.4 Å². The summed E-state index contributed by atoms with van der Waals surface area (Å²) in [6.07, 6.45) is 1.45. The summed E-state index contributed by atoms with van der Waals surface area (Å²) in [6.45, 7) is 4.32. The van der Waals surface area contributed by atoms with E-state index in [1.54, 1.807) is 43.0 Å². The van der Waals surface area contributed by atoms with Gasteiger partial charge in [0.25, 0.3) is 0 Å². The quantitative estimate of drug-likeness (QED) is 0.545. The highest BCUT2D eigenvalue weighted by atomic mass is 35.5. The zero-order valence-corrected chi connectivity index (χ0v) is 19.3. The maximum absolute atomic E-state index is 12.7. The first-order valence-electron chi connectivity index (χ1n) is 9.38. The number of hydrogen-bond donors (Lipinski definition) is 1. The van der Waals surface area contributed by atoms with Crippen molar-refractivity contribution in [1.82, 2.24) is 5.32 Å². The summed E-state index contributed by atoms with van der Waals surface area (Å²) in [5, 5.41) is 3.29. The van der Waals surface area contributed by atoms with Gasteiger partial charge in [0.1, 0.15) is 6.04 Å². The van der Waals surface area contributed by atoms with Crippen molar-refractivity contribution >= 4 is 45.0 Å². The molecule has 1 amide bonds. The lowest BCUT2D eigenvalue weighted by molar-refractivity contribution is -0.122. The fourth-order valence-corrected chi connectivity index (χ4v) is 5.22. The summed E-state index contributed by atoms with van der Waals surface area (Å²) in [5.41, 5.74) is 2.86. The summed E-state index contributed by atoms with van der Waals surface area (Å²) >= 11 is 7.74. The Kier molecular flexibility index (Phi) is 8.86. The monoisotopic (exact) mass is 454 g/mol. The van der Waals surface area contributed by atoms with E-state index in [9.17, 15) is 13.2 Å². The Bertz CT molecular complexity index is 935. The molecule has 158 valence electrons. The second-order valence-corrected chi connectivity index (χ2v) is 10.2. The van der Waals surface area contributed by atoms with E-state index < -0.39 is 16.1 Å². The maximum atomic E-state index is 12.7. The number of amides is 1. The minimum Gasteiger partial charge on any atom is -0.353 e. The van der Waals surface area contributed by atoms with Gasteiger partial charge in [-0.1, -0.05) is 54.4 Å². The summed E-state index contributed by atoms with van der Waals surface area (Å²) in [4.78, 5) is 12.7. The van der Waals surface area contributed by atoms with E-state index in [1.807, 2.05) is 6.07 Å². The molecule has 0 aliphatic heterocycles. The molecule has 2 rings (SSSR count). The molecular formula is C21H27ClN2O3S2. The molecule has 29 heavy (non-hydrogen) atoms. The first kappa shape index (κ1) is 23.6. The minimum absolute atomic E-state index is 0.311. The lowest BCUT2D eigenvalue weighted by Gasteiger charge is -2.30. The van der Waals surface area contributed by atoms with Crippen LogP contribution in [0.25, 0.3) is 0 Å². The number of rotatable bonds is 10. The van der Waals surface area contributed by atoms with Gasteiger partial charge in [0.2, 0.25) is 15.9 Å². The van der Waals surface area contributed by atoms with Crippen LogP contribution in [0.4, 0.5) is 5.69 Å². The van der Waals surface area contributed by atoms with Crippen molar-refractivity contribution in [3.05, 3.63) is 64.7 Å². The van der Waals surface area contributed by atoms with E-state index in [0.717, 1.165) is 22.1 Å². The molecule has 8 heteroatoms. The molecule has 0 unspecified atom stereocenters. The van der Waals surface area contributed by atoms with Crippen molar-refractivity contribution in [3.63, 3.8) is 0 Å². The molecule has 0 aliphatic carbocycles. The molecule has 1 N–H and O–H groups in total. The second-order valence-electron chi connectivity index (χ2n) is 6.80. The molecule has 0 aromatic heterocycles. The lowest BCUT2D eigenvalue weighted by atomic mass is 10.2. The minimum atomic E-state index is -3.66. The van der Waals surface area contributed by atoms with Crippen LogP contribution >= 0.6 is 23.4 Å². The van der Waals surface area contributed by atoms with E-state index in [0.29, 0.717) is 23.7 Å². The first-order chi connectivity index (χ1) is 13.7. The van der Waals surface area contributed by atoms with Gasteiger partial charge in [0.05, 0.1) is 11.9 Å². The number of carbonyl (C=O) groups excluding carboxylic acids is 1. The average molecular weight is 455 g/mol. The van der Waals surface area contributed by atoms with Gasteiger partial charge >= 0.3 is 0 Å². The Hall–Kier alpha value is -1.70. The Morgan fingerprint density at radius 1 is 1.21 bits per heavy atom. The number of nitrogens with one attached hydrogen (secondary N) is 1. The smallest absolute Gasteiger partial charge is 0.243 e. The van der Waals surface area contributed by atoms with Crippen LogP contribution in [-0.4, -0.2) is 38.9 Å². The molecule has 5 nitrogen and oxygen atoms in total. The number of halogens is 1. The molecule has 0 fully saturated rings. The first-order valence-corrected chi connectivity index (χ1v) is 12.8. The van der Waals surface area contributed by atoms with Crippen LogP contribution < -0.4 is 9.62 Å². The fraction of sp³-hybridized carbons (Fsp3) is 0.381. The number of thioether (sulfide) groups is 1. The van der Waals surface area contributed by atoms with E-state index >= 15 is 0 Å². The van der Waals surface area contributed by atoms with E-state index in [4.69, 9.17) is 11.6 Å². The van der Waals surface area contributed by atoms with E-state index in [-0.39, 0.29) is 5.91 Å². The van der Waals surface area contributed by atoms with Crippen LogP contribution in [0.2, 0.25) is 5.02 Å². The molecule has 0 aliphatic rings. The highest BCUT2D eigenvalue weighted by molar-refractivity contribution is 7.98. The number of aryl methyl sites for hydroxylation is 1. The van der Waals surface area contributed by atoms with Gasteiger partial charge in [-0.2, -0.15) is 11.8 Å². The Morgan fingerprint density at radius 2 is 1.93 bits per heavy atom. The third kappa shape index (κ3) is 7.24. The predicted octanol–water partition coefficient (Wildman–Crippen LogP) is 4.24. The average Bonchev–Trinajstić information content (AvgIpc) is 2.64. The Morgan fingerprint density at radius 3 is 2.55 bits per heavy atom. The van der Waals surface area contributed by atoms with E-state index in [1.165, 1.54) is 11.1 Å². The number of nitrogens with zero attached hydrogens (tertiary/aromatic N) is 1. The normalized spacial score (nSPS) is 12.4. The number of hydrogen-bond acceptors (Lipinski definition) is 4. The zero-order valence-electron chi connectivity index (χ0n) is 16.9. The molecule has 1 atom stereocenters. The molecule has 0 spiro atoms. The number of carbonyl (C=O) groups is 1. The van der Waals surface area contributed by atoms with Crippen LogP contribution in [0.1, 0.15) is 24.5 Å². The molecule has 0 saturated carbocycles. The molecular weight excluding hydrogens is 428 g/mol. The van der Waals surface area contributed by atoms with Gasteiger partial charge < -0.3 is 5.32 Å². The second kappa shape index (κ2) is 10.9. The Balaban J connectivity index is 1.97. The summed E-state index contributed by atoms with van der Waals surface area (Å²) in [5.74, 6) is 1.30. The van der Waals surface area contributed by atoms with Crippen LogP contribution in [0.3, 0.4) is 0 Å². The van der Waals surface area contributed by atoms with Gasteiger partial charge in [0.15, 0.2) is 0 Å². The largest absolute Gasteiger partial charge is 0.353 e. The van der Waals surface area contributed by atoms with Crippen molar-refractivity contribution in [2.45, 2.75) is 32.1 Å². The topological polar surface area (TPSA) is 66.5 Å². The summed E-state index contributed by atoms with van der Waals surface area (Å²) in [6, 6.07) is 14.0. The Labute approximate surface area is 182 Å². The molecule has 0 radical (unpaired) electrons. The number of anilines is 1. The van der Waals surface area contributed by atoms with Gasteiger partial charge in [-0.15, -0.1) is 0 Å². The fourth-order valence-electron chi connectivity index (χ4n) is 3.03. The third-order valence-corrected chi connectivity index (χ3v) is 6.73. The van der Waals surface area contributed by atoms with Crippen LogP contribution in [0, 0.1) is 6.92 Å². The lowest BCUT2D eigenvalue weighted by Crippen LogP contribution is -2.49. The van der Waals surface area contributed by atoms with Crippen molar-refractivity contribution in [3.8, 4) is 0 Å². The molecule has 0 saturated heterocycles. The molecule has 2 aromatic carbocycles. The predicted molar refractivity (Wildman–Crippen MR) is 123 cm³/mol. The highest BCUT2D eigenvalue weighted by Crippen LogP contribution is 2.25. The summed E-state index contributed by atoms with van der Waals surface area (Å²) < 4.78 is 26.0. The van der Waals surface area contributed by atoms with Crippen molar-refractivity contribution in [2.75, 3.05) is 22.9 Å². The van der Waals surface area contributed by atoms with Crippen LogP contribution in [0.15, 0.2) is 48.5 Å². The van der Waals surface area contributed by atoms with Crippen LogP contribution in [0.5, 0.6) is 0 Å². The van der Waals surface area contributed by atoms with Gasteiger partial charge in [-0.25, -0.2) is 8.42 Å². The van der Waals surface area contributed by atoms with Crippen molar-refractivity contribution in [1.29, 1.82) is 0 Å². The van der Waals surface area contributed by atoms with Gasteiger partial charge in [-0.3, -0.25) is 9.10 Å². The number of benzene rings is 2. The standard InChI is InChI=1S/C21H27ClN2O3S2/c1-4-20(24(29(3,26)27)19-10-6-9-18(22)14-19)21(25)23-11-12-28-15-17-8-5-7-16(2)13-17/h5-10,13-14,20H,4,11-12,15H2,1-3H3,(H,23,25)/t20-/m1/s1. The molecule has 0 heterocycles. The summed E-state index contributed by atoms with van der Waals surface area (Å²) in [7, 11) is -3.66. The zero-order chi connectivity index (χ0) is 21.4. The van der Waals surface area contributed by atoms with Gasteiger partial charge in [-0.05, 0) is 37.1 Å². The van der Waals surface area contributed by atoms with Crippen molar-refractivity contribution in [2.24, 2.45) is 0 Å². The van der Waals surface area contributed by atoms with Crippen LogP contribution in [-0.2, 0) is 20.6 Å². The SMILES string of the molecule is CC[C@H](C(=O)NCCSCc1cccc(C)c1)N(c1cccc(Cl)c1)S(C)(=O)=O. The highest BCUT2D eigenvalue weighted by Gasteiger charge is 2.31. The maximum Gasteiger partial charge on any atom is 0.243 e. The molecule has 0 bridgehead atoms. The third-order valence-electron chi connectivity index (χ3n) is 4.29. The molecule has 2 aromatic rings.